The Balaban J connectivity index is 2.24. The fourth-order valence-corrected chi connectivity index (χ4v) is 2.82. The Morgan fingerprint density at radius 3 is 1.71 bits per heavy atom. The third-order valence-electron chi connectivity index (χ3n) is 3.51. The van der Waals surface area contributed by atoms with Gasteiger partial charge in [0.05, 0.1) is 12.2 Å². The lowest BCUT2D eigenvalue weighted by atomic mass is 9.97. The number of aliphatic hydroxyl groups excluding tert-OH is 2. The van der Waals surface area contributed by atoms with Crippen LogP contribution in [-0.4, -0.2) is 10.2 Å². The molecule has 2 atom stereocenters. The summed E-state index contributed by atoms with van der Waals surface area (Å²) in [7, 11) is 0. The third kappa shape index (κ3) is 0.983. The molecule has 0 bridgehead atoms. The van der Waals surface area contributed by atoms with Crippen LogP contribution < -0.4 is 0 Å². The van der Waals surface area contributed by atoms with Gasteiger partial charge in [0.2, 0.25) is 0 Å². The molecule has 0 fully saturated rings. The zero-order chi connectivity index (χ0) is 9.71. The molecule has 3 rings (SSSR count). The Kier molecular flexibility index (Phi) is 1.70. The van der Waals surface area contributed by atoms with Crippen LogP contribution in [0.4, 0.5) is 0 Å². The minimum absolute atomic E-state index is 0.340. The second kappa shape index (κ2) is 2.81. The van der Waals surface area contributed by atoms with Gasteiger partial charge >= 0.3 is 0 Å². The standard InChI is InChI=1S/C12H14O2/c13-9-5-3-7-1-2-8-4-6-10(14)12(8)11(7)9/h1-2,9-10,13-14H,3-6H2. The molecule has 0 aromatic heterocycles. The van der Waals surface area contributed by atoms with E-state index in [1.54, 1.807) is 0 Å². The number of hydrogen-bond donors (Lipinski definition) is 2. The molecular weight excluding hydrogens is 176 g/mol. The van der Waals surface area contributed by atoms with Gasteiger partial charge in [-0.1, -0.05) is 12.1 Å². The van der Waals surface area contributed by atoms with Crippen molar-refractivity contribution in [3.8, 4) is 0 Å². The van der Waals surface area contributed by atoms with Crippen molar-refractivity contribution in [3.05, 3.63) is 34.4 Å². The summed E-state index contributed by atoms with van der Waals surface area (Å²) in [5.74, 6) is 0. The minimum Gasteiger partial charge on any atom is -0.388 e. The summed E-state index contributed by atoms with van der Waals surface area (Å²) in [6.07, 6.45) is 2.87. The number of aliphatic hydroxyl groups is 2. The average Bonchev–Trinajstić information content (AvgIpc) is 2.72. The molecule has 1 aromatic carbocycles. The van der Waals surface area contributed by atoms with Gasteiger partial charge in [-0.05, 0) is 47.9 Å². The SMILES string of the molecule is OC1CCc2ccc3c(c21)C(O)CC3. The summed E-state index contributed by atoms with van der Waals surface area (Å²) < 4.78 is 0. The molecule has 0 saturated heterocycles. The Bertz CT molecular complexity index is 347. The summed E-state index contributed by atoms with van der Waals surface area (Å²) in [5.41, 5.74) is 4.54. The molecule has 0 saturated carbocycles. The van der Waals surface area contributed by atoms with Crippen LogP contribution in [0.5, 0.6) is 0 Å². The summed E-state index contributed by atoms with van der Waals surface area (Å²) in [4.78, 5) is 0. The van der Waals surface area contributed by atoms with Crippen molar-refractivity contribution in [2.45, 2.75) is 37.9 Å². The molecule has 1 aromatic rings. The molecular formula is C12H14O2. The normalized spacial score (nSPS) is 29.0. The number of benzene rings is 1. The van der Waals surface area contributed by atoms with Gasteiger partial charge in [-0.15, -0.1) is 0 Å². The van der Waals surface area contributed by atoms with E-state index in [-0.39, 0.29) is 12.2 Å². The van der Waals surface area contributed by atoms with Crippen LogP contribution in [-0.2, 0) is 12.8 Å². The van der Waals surface area contributed by atoms with Crippen LogP contribution in [0.15, 0.2) is 12.1 Å². The summed E-state index contributed by atoms with van der Waals surface area (Å²) >= 11 is 0. The number of hydrogen-bond acceptors (Lipinski definition) is 2. The monoisotopic (exact) mass is 190 g/mol. The maximum atomic E-state index is 9.85. The Morgan fingerprint density at radius 2 is 1.29 bits per heavy atom. The summed E-state index contributed by atoms with van der Waals surface area (Å²) in [5, 5.41) is 19.7. The van der Waals surface area contributed by atoms with Crippen molar-refractivity contribution in [1.29, 1.82) is 0 Å². The zero-order valence-corrected chi connectivity index (χ0v) is 8.03. The number of aryl methyl sites for hydroxylation is 2. The second-order valence-electron chi connectivity index (χ2n) is 4.32. The van der Waals surface area contributed by atoms with Crippen LogP contribution in [0, 0.1) is 0 Å². The summed E-state index contributed by atoms with van der Waals surface area (Å²) in [6, 6.07) is 4.23. The predicted molar refractivity (Wildman–Crippen MR) is 53.0 cm³/mol. The van der Waals surface area contributed by atoms with E-state index in [9.17, 15) is 10.2 Å². The van der Waals surface area contributed by atoms with Gasteiger partial charge in [0.15, 0.2) is 0 Å². The molecule has 2 N–H and O–H groups in total. The van der Waals surface area contributed by atoms with E-state index in [0.717, 1.165) is 36.8 Å². The lowest BCUT2D eigenvalue weighted by Gasteiger charge is -2.13. The van der Waals surface area contributed by atoms with Crippen molar-refractivity contribution >= 4 is 0 Å². The molecule has 2 aliphatic carbocycles. The highest BCUT2D eigenvalue weighted by molar-refractivity contribution is 5.48. The highest BCUT2D eigenvalue weighted by Gasteiger charge is 2.31. The first-order chi connectivity index (χ1) is 6.77. The second-order valence-corrected chi connectivity index (χ2v) is 4.32. The van der Waals surface area contributed by atoms with Crippen molar-refractivity contribution < 1.29 is 10.2 Å². The van der Waals surface area contributed by atoms with Crippen LogP contribution in [0.2, 0.25) is 0 Å². The van der Waals surface area contributed by atoms with Gasteiger partial charge in [0, 0.05) is 0 Å². The molecule has 14 heavy (non-hydrogen) atoms. The molecule has 0 amide bonds. The Morgan fingerprint density at radius 1 is 0.857 bits per heavy atom. The van der Waals surface area contributed by atoms with Crippen LogP contribution in [0.25, 0.3) is 0 Å². The number of fused-ring (bicyclic) bond motifs is 3. The summed E-state index contributed by atoms with van der Waals surface area (Å²) in [6.45, 7) is 0. The van der Waals surface area contributed by atoms with Gasteiger partial charge in [0.1, 0.15) is 0 Å². The largest absolute Gasteiger partial charge is 0.388 e. The highest BCUT2D eigenvalue weighted by Crippen LogP contribution is 2.42. The van der Waals surface area contributed by atoms with E-state index in [1.165, 1.54) is 11.1 Å². The Hall–Kier alpha value is -0.860. The fourth-order valence-electron chi connectivity index (χ4n) is 2.82. The smallest absolute Gasteiger partial charge is 0.0799 e. The lowest BCUT2D eigenvalue weighted by Crippen LogP contribution is -2.01. The van der Waals surface area contributed by atoms with Gasteiger partial charge in [0.25, 0.3) is 0 Å². The van der Waals surface area contributed by atoms with Gasteiger partial charge < -0.3 is 10.2 Å². The maximum Gasteiger partial charge on any atom is 0.0799 e. The molecule has 2 aliphatic rings. The first kappa shape index (κ1) is 8.45. The fraction of sp³-hybridized carbons (Fsp3) is 0.500. The number of rotatable bonds is 0. The van der Waals surface area contributed by atoms with Gasteiger partial charge in [-0.3, -0.25) is 0 Å². The molecule has 0 heterocycles. The molecule has 0 spiro atoms. The third-order valence-corrected chi connectivity index (χ3v) is 3.51. The topological polar surface area (TPSA) is 40.5 Å². The molecule has 74 valence electrons. The average molecular weight is 190 g/mol. The van der Waals surface area contributed by atoms with E-state index in [4.69, 9.17) is 0 Å². The molecule has 2 unspecified atom stereocenters. The van der Waals surface area contributed by atoms with E-state index in [1.807, 2.05) is 0 Å². The van der Waals surface area contributed by atoms with Crippen molar-refractivity contribution in [2.75, 3.05) is 0 Å². The van der Waals surface area contributed by atoms with Crippen LogP contribution in [0.1, 0.15) is 47.3 Å². The van der Waals surface area contributed by atoms with Gasteiger partial charge in [-0.25, -0.2) is 0 Å². The van der Waals surface area contributed by atoms with Crippen molar-refractivity contribution in [2.24, 2.45) is 0 Å². The molecule has 0 radical (unpaired) electrons. The zero-order valence-electron chi connectivity index (χ0n) is 8.03. The van der Waals surface area contributed by atoms with Crippen molar-refractivity contribution in [3.63, 3.8) is 0 Å². The molecule has 2 heteroatoms. The Labute approximate surface area is 83.2 Å². The lowest BCUT2D eigenvalue weighted by molar-refractivity contribution is 0.159. The quantitative estimate of drug-likeness (QED) is 0.653. The molecule has 0 aliphatic heterocycles. The minimum atomic E-state index is -0.340. The first-order valence-corrected chi connectivity index (χ1v) is 5.28. The van der Waals surface area contributed by atoms with Crippen LogP contribution >= 0.6 is 0 Å². The predicted octanol–water partition coefficient (Wildman–Crippen LogP) is 1.65. The van der Waals surface area contributed by atoms with E-state index >= 15 is 0 Å². The van der Waals surface area contributed by atoms with E-state index in [2.05, 4.69) is 12.1 Å². The van der Waals surface area contributed by atoms with Crippen LogP contribution in [0.3, 0.4) is 0 Å². The maximum absolute atomic E-state index is 9.85. The van der Waals surface area contributed by atoms with E-state index < -0.39 is 0 Å². The van der Waals surface area contributed by atoms with Crippen molar-refractivity contribution in [1.82, 2.24) is 0 Å². The van der Waals surface area contributed by atoms with E-state index in [0.29, 0.717) is 0 Å². The molecule has 2 nitrogen and oxygen atoms in total. The highest BCUT2D eigenvalue weighted by atomic mass is 16.3. The first-order valence-electron chi connectivity index (χ1n) is 5.28. The van der Waals surface area contributed by atoms with Gasteiger partial charge in [-0.2, -0.15) is 0 Å².